The second-order valence-electron chi connectivity index (χ2n) is 8.66. The zero-order valence-electron chi connectivity index (χ0n) is 19.5. The predicted octanol–water partition coefficient (Wildman–Crippen LogP) is 3.50. The molecule has 1 N–H and O–H groups in total. The molecule has 0 atom stereocenters. The highest BCUT2D eigenvalue weighted by atomic mass is 32.3. The Labute approximate surface area is 204 Å². The minimum atomic E-state index is -3.87. The van der Waals surface area contributed by atoms with Gasteiger partial charge in [-0.25, -0.2) is 23.1 Å². The summed E-state index contributed by atoms with van der Waals surface area (Å²) < 4.78 is 43.7. The van der Waals surface area contributed by atoms with Crippen molar-refractivity contribution in [2.24, 2.45) is 5.92 Å². The lowest BCUT2D eigenvalue weighted by Gasteiger charge is -2.29. The molecular formula is C23H29N3O8S. The molecule has 2 fully saturated rings. The van der Waals surface area contributed by atoms with Gasteiger partial charge in [-0.1, -0.05) is 12.1 Å². The van der Waals surface area contributed by atoms with Crippen molar-refractivity contribution < 1.29 is 36.2 Å². The van der Waals surface area contributed by atoms with Crippen LogP contribution in [0.4, 0.5) is 4.79 Å². The van der Waals surface area contributed by atoms with Crippen LogP contribution in [0.1, 0.15) is 42.7 Å². The first kappa shape index (κ1) is 25.1. The number of rotatable bonds is 8. The molecule has 3 heterocycles. The summed E-state index contributed by atoms with van der Waals surface area (Å²) in [6.45, 7) is 3.60. The number of amides is 1. The van der Waals surface area contributed by atoms with Gasteiger partial charge >= 0.3 is 16.5 Å². The monoisotopic (exact) mass is 507 g/mol. The summed E-state index contributed by atoms with van der Waals surface area (Å²) in [7, 11) is -3.87. The third-order valence-electron chi connectivity index (χ3n) is 6.27. The molecule has 0 saturated carbocycles. The summed E-state index contributed by atoms with van der Waals surface area (Å²) in [6, 6.07) is 7.21. The minimum absolute atomic E-state index is 0.0375. The van der Waals surface area contributed by atoms with Crippen molar-refractivity contribution in [3.8, 4) is 17.5 Å². The summed E-state index contributed by atoms with van der Waals surface area (Å²) in [5, 5.41) is 9.04. The molecule has 2 aliphatic rings. The first-order valence-electron chi connectivity index (χ1n) is 11.5. The number of aromatic nitrogens is 2. The average molecular weight is 508 g/mol. The van der Waals surface area contributed by atoms with Gasteiger partial charge in [0.2, 0.25) is 11.8 Å². The highest BCUT2D eigenvalue weighted by Crippen LogP contribution is 2.30. The molecular weight excluding hydrogens is 478 g/mol. The predicted molar refractivity (Wildman–Crippen MR) is 124 cm³/mol. The Morgan fingerprint density at radius 2 is 1.77 bits per heavy atom. The van der Waals surface area contributed by atoms with Crippen molar-refractivity contribution in [3.63, 3.8) is 0 Å². The number of hydrogen-bond donors (Lipinski definition) is 1. The fourth-order valence-corrected chi connectivity index (χ4v) is 4.88. The number of piperidine rings is 1. The molecule has 0 aliphatic carbocycles. The highest BCUT2D eigenvalue weighted by molar-refractivity contribution is 7.81. The van der Waals surface area contributed by atoms with Crippen LogP contribution >= 0.6 is 0 Å². The Morgan fingerprint density at radius 1 is 1.11 bits per heavy atom. The van der Waals surface area contributed by atoms with Crippen LogP contribution in [0.15, 0.2) is 30.6 Å². The molecule has 0 bridgehead atoms. The zero-order chi connectivity index (χ0) is 24.8. The standard InChI is InChI=1S/C23H29N3O8S/c1-16-21(31-12-2-3-17-8-10-26(11-9-17)23(27)28)24-15-25-22(16)34-20-6-4-18(5-7-20)19-13-32-35(29,30)33-14-19/h4-7,15,17,19H,2-3,8-14H2,1H3,(H,27,28). The van der Waals surface area contributed by atoms with Crippen molar-refractivity contribution >= 4 is 16.5 Å². The molecule has 4 rings (SSSR count). The maximum Gasteiger partial charge on any atom is 0.407 e. The summed E-state index contributed by atoms with van der Waals surface area (Å²) in [4.78, 5) is 20.9. The van der Waals surface area contributed by atoms with Gasteiger partial charge in [0.05, 0.1) is 25.4 Å². The quantitative estimate of drug-likeness (QED) is 0.528. The van der Waals surface area contributed by atoms with Gasteiger partial charge < -0.3 is 19.5 Å². The Balaban J connectivity index is 1.25. The molecule has 35 heavy (non-hydrogen) atoms. The first-order valence-corrected chi connectivity index (χ1v) is 12.9. The zero-order valence-corrected chi connectivity index (χ0v) is 20.3. The summed E-state index contributed by atoms with van der Waals surface area (Å²) in [5.74, 6) is 1.75. The maximum atomic E-state index is 11.2. The molecule has 0 spiro atoms. The van der Waals surface area contributed by atoms with Gasteiger partial charge in [-0.3, -0.25) is 0 Å². The number of carboxylic acid groups (broad SMARTS) is 1. The van der Waals surface area contributed by atoms with Crippen molar-refractivity contribution in [1.29, 1.82) is 0 Å². The minimum Gasteiger partial charge on any atom is -0.477 e. The molecule has 190 valence electrons. The average Bonchev–Trinajstić information content (AvgIpc) is 2.85. The van der Waals surface area contributed by atoms with Crippen LogP contribution in [0.3, 0.4) is 0 Å². The lowest BCUT2D eigenvalue weighted by molar-refractivity contribution is 0.121. The molecule has 2 aliphatic heterocycles. The molecule has 12 heteroatoms. The third kappa shape index (κ3) is 6.80. The van der Waals surface area contributed by atoms with Gasteiger partial charge in [-0.2, -0.15) is 8.42 Å². The van der Waals surface area contributed by atoms with E-state index in [4.69, 9.17) is 22.9 Å². The van der Waals surface area contributed by atoms with E-state index in [2.05, 4.69) is 9.97 Å². The third-order valence-corrected chi connectivity index (χ3v) is 7.11. The van der Waals surface area contributed by atoms with Crippen LogP contribution in [0.2, 0.25) is 0 Å². The number of nitrogens with zero attached hydrogens (tertiary/aromatic N) is 3. The fourth-order valence-electron chi connectivity index (χ4n) is 4.15. The van der Waals surface area contributed by atoms with E-state index in [0.29, 0.717) is 48.7 Å². The Morgan fingerprint density at radius 3 is 2.43 bits per heavy atom. The van der Waals surface area contributed by atoms with Crippen LogP contribution < -0.4 is 9.47 Å². The molecule has 2 aromatic rings. The highest BCUT2D eigenvalue weighted by Gasteiger charge is 2.26. The van der Waals surface area contributed by atoms with E-state index in [9.17, 15) is 13.2 Å². The summed E-state index contributed by atoms with van der Waals surface area (Å²) in [6.07, 6.45) is 4.16. The van der Waals surface area contributed by atoms with Crippen LogP contribution in [-0.2, 0) is 18.8 Å². The van der Waals surface area contributed by atoms with Crippen molar-refractivity contribution in [2.75, 3.05) is 32.9 Å². The topological polar surface area (TPSA) is 137 Å². The molecule has 0 unspecified atom stereocenters. The molecule has 1 amide bonds. The van der Waals surface area contributed by atoms with E-state index in [-0.39, 0.29) is 19.1 Å². The SMILES string of the molecule is Cc1c(OCCCC2CCN(C(=O)O)CC2)ncnc1Oc1ccc(C2COS(=O)(=O)OC2)cc1. The lowest BCUT2D eigenvalue weighted by atomic mass is 9.92. The fraction of sp³-hybridized carbons (Fsp3) is 0.522. The second-order valence-corrected chi connectivity index (χ2v) is 9.95. The van der Waals surface area contributed by atoms with Crippen LogP contribution in [0, 0.1) is 12.8 Å². The number of hydrogen-bond acceptors (Lipinski definition) is 9. The maximum absolute atomic E-state index is 11.2. The van der Waals surface area contributed by atoms with E-state index in [1.807, 2.05) is 19.1 Å². The lowest BCUT2D eigenvalue weighted by Crippen LogP contribution is -2.37. The Hall–Kier alpha value is -2.96. The van der Waals surface area contributed by atoms with E-state index in [1.165, 1.54) is 11.2 Å². The Bertz CT molecular complexity index is 1100. The molecule has 1 aromatic heterocycles. The van der Waals surface area contributed by atoms with Crippen molar-refractivity contribution in [2.45, 2.75) is 38.5 Å². The van der Waals surface area contributed by atoms with Gasteiger partial charge in [0.25, 0.3) is 0 Å². The van der Waals surface area contributed by atoms with E-state index < -0.39 is 16.5 Å². The van der Waals surface area contributed by atoms with E-state index >= 15 is 0 Å². The van der Waals surface area contributed by atoms with Gasteiger partial charge in [0, 0.05) is 19.0 Å². The second kappa shape index (κ2) is 11.2. The van der Waals surface area contributed by atoms with Crippen LogP contribution in [0.5, 0.6) is 17.5 Å². The smallest absolute Gasteiger partial charge is 0.407 e. The van der Waals surface area contributed by atoms with Gasteiger partial charge in [-0.15, -0.1) is 0 Å². The molecule has 11 nitrogen and oxygen atoms in total. The van der Waals surface area contributed by atoms with Crippen molar-refractivity contribution in [1.82, 2.24) is 14.9 Å². The number of likely N-dealkylation sites (tertiary alicyclic amines) is 1. The van der Waals surface area contributed by atoms with Gasteiger partial charge in [0.1, 0.15) is 12.1 Å². The van der Waals surface area contributed by atoms with Crippen LogP contribution in [0.25, 0.3) is 0 Å². The normalized spacial score (nSPS) is 18.8. The van der Waals surface area contributed by atoms with Crippen molar-refractivity contribution in [3.05, 3.63) is 41.7 Å². The number of carbonyl (C=O) groups is 1. The summed E-state index contributed by atoms with van der Waals surface area (Å²) in [5.41, 5.74) is 1.56. The molecule has 0 radical (unpaired) electrons. The molecule has 2 saturated heterocycles. The number of ether oxygens (including phenoxy) is 2. The van der Waals surface area contributed by atoms with Gasteiger partial charge in [-0.05, 0) is 56.2 Å². The van der Waals surface area contributed by atoms with Gasteiger partial charge in [0.15, 0.2) is 0 Å². The van der Waals surface area contributed by atoms with E-state index in [0.717, 1.165) is 31.2 Å². The summed E-state index contributed by atoms with van der Waals surface area (Å²) >= 11 is 0. The van der Waals surface area contributed by atoms with E-state index in [1.54, 1.807) is 12.1 Å². The Kier molecular flexibility index (Phi) is 8.04. The largest absolute Gasteiger partial charge is 0.477 e. The first-order chi connectivity index (χ1) is 16.8. The van der Waals surface area contributed by atoms with Crippen LogP contribution in [-0.4, -0.2) is 67.4 Å². The number of benzene rings is 1. The molecule has 1 aromatic carbocycles.